The molecule has 1 heterocycles. The van der Waals surface area contributed by atoms with Gasteiger partial charge in [-0.25, -0.2) is 4.39 Å². The quantitative estimate of drug-likeness (QED) is 0.286. The van der Waals surface area contributed by atoms with E-state index in [1.54, 1.807) is 0 Å². The first-order valence-electron chi connectivity index (χ1n) is 9.86. The van der Waals surface area contributed by atoms with Gasteiger partial charge in [0, 0.05) is 11.3 Å². The summed E-state index contributed by atoms with van der Waals surface area (Å²) in [6.07, 6.45) is 0. The number of ketones is 1. The van der Waals surface area contributed by atoms with E-state index in [0.717, 1.165) is 0 Å². The predicted octanol–water partition coefficient (Wildman–Crippen LogP) is 5.64. The Morgan fingerprint density at radius 1 is 1.06 bits per heavy atom. The number of hydrogen-bond donors (Lipinski definition) is 1. The van der Waals surface area contributed by atoms with Crippen molar-refractivity contribution in [2.45, 2.75) is 6.04 Å². The van der Waals surface area contributed by atoms with Crippen molar-refractivity contribution in [1.82, 2.24) is 0 Å². The number of methoxy groups -OCH3 is 1. The number of rotatable bonds is 4. The number of ether oxygens (including phenoxy) is 1. The zero-order chi connectivity index (χ0) is 24.6. The molecule has 1 atom stereocenters. The Hall–Kier alpha value is -3.86. The van der Waals surface area contributed by atoms with Crippen molar-refractivity contribution >= 4 is 46.3 Å². The molecule has 4 rings (SSSR count). The van der Waals surface area contributed by atoms with Crippen LogP contribution in [0.3, 0.4) is 0 Å². The third-order valence-electron chi connectivity index (χ3n) is 5.38. The Morgan fingerprint density at radius 3 is 2.18 bits per heavy atom. The summed E-state index contributed by atoms with van der Waals surface area (Å²) in [4.78, 5) is 27.4. The van der Waals surface area contributed by atoms with Gasteiger partial charge in [-0.15, -0.1) is 0 Å². The normalized spacial score (nSPS) is 17.0. The Labute approximate surface area is 204 Å². The summed E-state index contributed by atoms with van der Waals surface area (Å²) in [5.41, 5.74) is 0.942. The molecule has 3 aromatic rings. The summed E-state index contributed by atoms with van der Waals surface area (Å²) in [5, 5.41) is 20.4. The first kappa shape index (κ1) is 23.3. The van der Waals surface area contributed by atoms with Crippen molar-refractivity contribution in [2.75, 3.05) is 12.0 Å². The van der Waals surface area contributed by atoms with Crippen LogP contribution in [0.2, 0.25) is 10.0 Å². The fourth-order valence-electron chi connectivity index (χ4n) is 3.80. The second-order valence-corrected chi connectivity index (χ2v) is 8.17. The van der Waals surface area contributed by atoms with Crippen LogP contribution in [0.1, 0.15) is 22.7 Å². The van der Waals surface area contributed by atoms with E-state index in [-0.39, 0.29) is 26.9 Å². The highest BCUT2D eigenvalue weighted by molar-refractivity contribution is 6.51. The molecule has 1 fully saturated rings. The lowest BCUT2D eigenvalue weighted by Gasteiger charge is -2.25. The van der Waals surface area contributed by atoms with Gasteiger partial charge in [0.05, 0.1) is 40.4 Å². The smallest absolute Gasteiger partial charge is 0.300 e. The molecule has 0 aliphatic carbocycles. The number of hydrogen-bond acceptors (Lipinski definition) is 5. The number of benzene rings is 3. The molecule has 6 nitrogen and oxygen atoms in total. The molecule has 34 heavy (non-hydrogen) atoms. The largest absolute Gasteiger partial charge is 0.507 e. The van der Waals surface area contributed by atoms with E-state index in [2.05, 4.69) is 0 Å². The molecule has 1 aliphatic heterocycles. The van der Waals surface area contributed by atoms with Crippen molar-refractivity contribution < 1.29 is 23.8 Å². The summed E-state index contributed by atoms with van der Waals surface area (Å²) in [6, 6.07) is 14.9. The zero-order valence-corrected chi connectivity index (χ0v) is 19.1. The van der Waals surface area contributed by atoms with E-state index in [4.69, 9.17) is 33.2 Å². The Balaban J connectivity index is 1.95. The predicted molar refractivity (Wildman–Crippen MR) is 125 cm³/mol. The van der Waals surface area contributed by atoms with Gasteiger partial charge in [-0.3, -0.25) is 14.5 Å². The van der Waals surface area contributed by atoms with E-state index in [1.165, 1.54) is 72.7 Å². The molecule has 1 saturated heterocycles. The lowest BCUT2D eigenvalue weighted by Crippen LogP contribution is -2.29. The van der Waals surface area contributed by atoms with Crippen LogP contribution in [0, 0.1) is 17.1 Å². The van der Waals surface area contributed by atoms with Gasteiger partial charge >= 0.3 is 0 Å². The fourth-order valence-corrected chi connectivity index (χ4v) is 4.44. The van der Waals surface area contributed by atoms with E-state index >= 15 is 0 Å². The third kappa shape index (κ3) is 3.98. The number of nitrogens with zero attached hydrogens (tertiary/aromatic N) is 2. The monoisotopic (exact) mass is 496 g/mol. The highest BCUT2D eigenvalue weighted by Gasteiger charge is 2.47. The first-order chi connectivity index (χ1) is 16.3. The molecular weight excluding hydrogens is 482 g/mol. The van der Waals surface area contributed by atoms with Crippen molar-refractivity contribution in [3.63, 3.8) is 0 Å². The average molecular weight is 497 g/mol. The molecule has 0 saturated carbocycles. The summed E-state index contributed by atoms with van der Waals surface area (Å²) < 4.78 is 18.8. The number of anilines is 1. The summed E-state index contributed by atoms with van der Waals surface area (Å²) >= 11 is 12.4. The van der Waals surface area contributed by atoms with Crippen LogP contribution in [0.15, 0.2) is 66.2 Å². The summed E-state index contributed by atoms with van der Waals surface area (Å²) in [5.74, 6) is -2.67. The minimum atomic E-state index is -1.08. The second-order valence-electron chi connectivity index (χ2n) is 7.35. The van der Waals surface area contributed by atoms with Gasteiger partial charge in [0.2, 0.25) is 0 Å². The maximum absolute atomic E-state index is 13.6. The van der Waals surface area contributed by atoms with Gasteiger partial charge in [-0.1, -0.05) is 35.3 Å². The molecule has 1 unspecified atom stereocenters. The molecule has 3 aromatic carbocycles. The highest BCUT2D eigenvalue weighted by Crippen LogP contribution is 2.43. The van der Waals surface area contributed by atoms with Gasteiger partial charge in [-0.05, 0) is 54.1 Å². The fraction of sp³-hybridized carbons (Fsp3) is 0.0800. The maximum atomic E-state index is 13.6. The van der Waals surface area contributed by atoms with Gasteiger partial charge < -0.3 is 9.84 Å². The molecule has 170 valence electrons. The number of amides is 1. The van der Waals surface area contributed by atoms with Crippen LogP contribution in [-0.4, -0.2) is 23.9 Å². The molecule has 0 bridgehead atoms. The average Bonchev–Trinajstić information content (AvgIpc) is 3.09. The molecule has 0 spiro atoms. The first-order valence-corrected chi connectivity index (χ1v) is 10.6. The lowest BCUT2D eigenvalue weighted by molar-refractivity contribution is -0.132. The molecular formula is C25H15Cl2FN2O4. The topological polar surface area (TPSA) is 90.6 Å². The summed E-state index contributed by atoms with van der Waals surface area (Å²) in [6.45, 7) is 0. The number of Topliss-reactive ketones (excluding diaryl/α,β-unsaturated/α-hetero) is 1. The van der Waals surface area contributed by atoms with Crippen molar-refractivity contribution in [1.29, 1.82) is 5.26 Å². The Kier molecular flexibility index (Phi) is 6.29. The van der Waals surface area contributed by atoms with Crippen molar-refractivity contribution in [2.24, 2.45) is 0 Å². The molecule has 1 amide bonds. The standard InChI is InChI=1S/C25H15Cl2FN2O4/c1-34-24-18(26)10-15(11-19(24)27)22(31)20-21(14-4-6-16(28)7-5-14)30(25(33)23(20)32)17-8-2-13(12-29)3-9-17/h2-11,21,31H,1H3/b22-20+. The van der Waals surface area contributed by atoms with Crippen LogP contribution in [0.4, 0.5) is 10.1 Å². The summed E-state index contributed by atoms with van der Waals surface area (Å²) in [7, 11) is 1.38. The molecule has 0 radical (unpaired) electrons. The lowest BCUT2D eigenvalue weighted by atomic mass is 9.95. The van der Waals surface area contributed by atoms with E-state index in [0.29, 0.717) is 16.8 Å². The van der Waals surface area contributed by atoms with Crippen LogP contribution in [0.25, 0.3) is 5.76 Å². The Bertz CT molecular complexity index is 1360. The van der Waals surface area contributed by atoms with Gasteiger partial charge in [0.1, 0.15) is 11.6 Å². The van der Waals surface area contributed by atoms with Crippen molar-refractivity contribution in [3.05, 3.63) is 98.8 Å². The van der Waals surface area contributed by atoms with E-state index in [1.807, 2.05) is 6.07 Å². The highest BCUT2D eigenvalue weighted by atomic mass is 35.5. The van der Waals surface area contributed by atoms with Gasteiger partial charge in [0.15, 0.2) is 5.75 Å². The second kappa shape index (κ2) is 9.18. The van der Waals surface area contributed by atoms with Crippen LogP contribution in [-0.2, 0) is 9.59 Å². The minimum Gasteiger partial charge on any atom is -0.507 e. The number of aliphatic hydroxyl groups is 1. The molecule has 0 aromatic heterocycles. The van der Waals surface area contributed by atoms with Crippen LogP contribution >= 0.6 is 23.2 Å². The zero-order valence-electron chi connectivity index (χ0n) is 17.6. The number of carbonyl (C=O) groups is 2. The van der Waals surface area contributed by atoms with E-state index < -0.39 is 29.3 Å². The number of carbonyl (C=O) groups excluding carboxylic acids is 2. The number of aliphatic hydroxyl groups excluding tert-OH is 1. The molecule has 1 aliphatic rings. The third-order valence-corrected chi connectivity index (χ3v) is 5.94. The molecule has 9 heteroatoms. The van der Waals surface area contributed by atoms with Crippen LogP contribution in [0.5, 0.6) is 5.75 Å². The number of halogens is 3. The van der Waals surface area contributed by atoms with Crippen molar-refractivity contribution in [3.8, 4) is 11.8 Å². The Morgan fingerprint density at radius 2 is 1.65 bits per heavy atom. The minimum absolute atomic E-state index is 0.0937. The van der Waals surface area contributed by atoms with Gasteiger partial charge in [0.25, 0.3) is 11.7 Å². The maximum Gasteiger partial charge on any atom is 0.300 e. The van der Waals surface area contributed by atoms with Crippen LogP contribution < -0.4 is 9.64 Å². The molecule has 1 N–H and O–H groups in total. The number of nitriles is 1. The SMILES string of the molecule is COc1c(Cl)cc(/C(O)=C2\C(=O)C(=O)N(c3ccc(C#N)cc3)C2c2ccc(F)cc2)cc1Cl. The van der Waals surface area contributed by atoms with Gasteiger partial charge in [-0.2, -0.15) is 5.26 Å². The van der Waals surface area contributed by atoms with E-state index in [9.17, 15) is 19.1 Å².